The maximum atomic E-state index is 11.4. The Kier molecular flexibility index (Phi) is 3.54. The van der Waals surface area contributed by atoms with Crippen LogP contribution in [0, 0.1) is 0 Å². The van der Waals surface area contributed by atoms with Gasteiger partial charge in [0.2, 0.25) is 0 Å². The summed E-state index contributed by atoms with van der Waals surface area (Å²) in [5.74, 6) is -0.391. The lowest BCUT2D eigenvalue weighted by Crippen LogP contribution is -2.14. The Labute approximate surface area is 87.6 Å². The summed E-state index contributed by atoms with van der Waals surface area (Å²) in [6, 6.07) is 9.05. The van der Waals surface area contributed by atoms with Gasteiger partial charge in [-0.05, 0) is 19.1 Å². The second-order valence-electron chi connectivity index (χ2n) is 2.82. The van der Waals surface area contributed by atoms with Crippen LogP contribution in [0.15, 0.2) is 41.1 Å². The van der Waals surface area contributed by atoms with Gasteiger partial charge in [-0.2, -0.15) is 0 Å². The van der Waals surface area contributed by atoms with E-state index in [1.54, 1.807) is 19.1 Å². The van der Waals surface area contributed by atoms with Gasteiger partial charge in [-0.25, -0.2) is 0 Å². The van der Waals surface area contributed by atoms with Gasteiger partial charge in [0, 0.05) is 11.4 Å². The Morgan fingerprint density at radius 2 is 1.93 bits per heavy atom. The van der Waals surface area contributed by atoms with Crippen LogP contribution in [0.3, 0.4) is 0 Å². The van der Waals surface area contributed by atoms with E-state index in [1.165, 1.54) is 0 Å². The third-order valence-electron chi connectivity index (χ3n) is 1.58. The van der Waals surface area contributed by atoms with Crippen molar-refractivity contribution in [1.29, 1.82) is 0 Å². The van der Waals surface area contributed by atoms with Crippen molar-refractivity contribution in [2.24, 2.45) is 5.73 Å². The van der Waals surface area contributed by atoms with Crippen molar-refractivity contribution < 1.29 is 4.79 Å². The Morgan fingerprint density at radius 3 is 2.43 bits per heavy atom. The SMILES string of the molecule is CC(N)=C(Cl)C(=O)Nc1ccccc1. The number of nitrogens with one attached hydrogen (secondary N) is 1. The van der Waals surface area contributed by atoms with Crippen LogP contribution >= 0.6 is 11.6 Å². The van der Waals surface area contributed by atoms with E-state index in [-0.39, 0.29) is 5.03 Å². The van der Waals surface area contributed by atoms with E-state index in [9.17, 15) is 4.79 Å². The highest BCUT2D eigenvalue weighted by Gasteiger charge is 2.08. The molecule has 0 spiro atoms. The zero-order valence-corrected chi connectivity index (χ0v) is 8.51. The Morgan fingerprint density at radius 1 is 1.36 bits per heavy atom. The predicted molar refractivity (Wildman–Crippen MR) is 57.8 cm³/mol. The molecule has 74 valence electrons. The number of allylic oxidation sites excluding steroid dienone is 1. The molecule has 1 rings (SSSR count). The smallest absolute Gasteiger partial charge is 0.268 e. The van der Waals surface area contributed by atoms with E-state index >= 15 is 0 Å². The summed E-state index contributed by atoms with van der Waals surface area (Å²) in [5, 5.41) is 2.64. The summed E-state index contributed by atoms with van der Waals surface area (Å²) in [4.78, 5) is 11.4. The molecule has 0 unspecified atom stereocenters. The molecular formula is C10H11ClN2O. The molecule has 1 aromatic carbocycles. The zero-order chi connectivity index (χ0) is 10.6. The molecule has 0 heterocycles. The number of amides is 1. The number of rotatable bonds is 2. The molecule has 0 aromatic heterocycles. The summed E-state index contributed by atoms with van der Waals surface area (Å²) in [5.41, 5.74) is 6.37. The minimum Gasteiger partial charge on any atom is -0.401 e. The minimum atomic E-state index is -0.391. The number of para-hydroxylation sites is 1. The molecule has 0 saturated carbocycles. The lowest BCUT2D eigenvalue weighted by atomic mass is 10.3. The number of benzene rings is 1. The molecular weight excluding hydrogens is 200 g/mol. The van der Waals surface area contributed by atoms with Crippen molar-refractivity contribution in [3.8, 4) is 0 Å². The fourth-order valence-corrected chi connectivity index (χ4v) is 0.934. The average Bonchev–Trinajstić information content (AvgIpc) is 2.18. The van der Waals surface area contributed by atoms with Gasteiger partial charge in [-0.15, -0.1) is 0 Å². The van der Waals surface area contributed by atoms with E-state index in [2.05, 4.69) is 5.32 Å². The quantitative estimate of drug-likeness (QED) is 0.735. The molecule has 3 N–H and O–H groups in total. The van der Waals surface area contributed by atoms with E-state index in [0.29, 0.717) is 11.4 Å². The third kappa shape index (κ3) is 2.78. The highest BCUT2D eigenvalue weighted by atomic mass is 35.5. The zero-order valence-electron chi connectivity index (χ0n) is 7.75. The predicted octanol–water partition coefficient (Wildman–Crippen LogP) is 2.05. The monoisotopic (exact) mass is 210 g/mol. The molecule has 0 saturated heterocycles. The molecule has 0 aliphatic rings. The van der Waals surface area contributed by atoms with Crippen molar-refractivity contribution in [3.05, 3.63) is 41.1 Å². The molecule has 0 atom stereocenters. The lowest BCUT2D eigenvalue weighted by molar-refractivity contribution is -0.112. The number of anilines is 1. The topological polar surface area (TPSA) is 55.1 Å². The highest BCUT2D eigenvalue weighted by molar-refractivity contribution is 6.44. The lowest BCUT2D eigenvalue weighted by Gasteiger charge is -2.04. The van der Waals surface area contributed by atoms with Gasteiger partial charge >= 0.3 is 0 Å². The number of nitrogens with two attached hydrogens (primary N) is 1. The molecule has 0 fully saturated rings. The summed E-state index contributed by atoms with van der Waals surface area (Å²) in [7, 11) is 0. The van der Waals surface area contributed by atoms with Gasteiger partial charge in [-0.1, -0.05) is 29.8 Å². The van der Waals surface area contributed by atoms with Gasteiger partial charge in [-0.3, -0.25) is 4.79 Å². The van der Waals surface area contributed by atoms with Crippen molar-refractivity contribution in [3.63, 3.8) is 0 Å². The van der Waals surface area contributed by atoms with Crippen molar-refractivity contribution >= 4 is 23.2 Å². The van der Waals surface area contributed by atoms with Crippen molar-refractivity contribution in [1.82, 2.24) is 0 Å². The standard InChI is InChI=1S/C10H11ClN2O/c1-7(12)9(11)10(14)13-8-5-3-2-4-6-8/h2-6H,12H2,1H3,(H,13,14). The average molecular weight is 211 g/mol. The first-order valence-corrected chi connectivity index (χ1v) is 4.47. The Balaban J connectivity index is 2.72. The first-order valence-electron chi connectivity index (χ1n) is 4.09. The molecule has 0 aliphatic carbocycles. The molecule has 0 bridgehead atoms. The van der Waals surface area contributed by atoms with Crippen LogP contribution in [0.1, 0.15) is 6.92 Å². The van der Waals surface area contributed by atoms with Crippen LogP contribution in [0.25, 0.3) is 0 Å². The van der Waals surface area contributed by atoms with Crippen LogP contribution < -0.4 is 11.1 Å². The number of hydrogen-bond donors (Lipinski definition) is 2. The van der Waals surface area contributed by atoms with E-state index in [4.69, 9.17) is 17.3 Å². The molecule has 0 radical (unpaired) electrons. The molecule has 0 aliphatic heterocycles. The second kappa shape index (κ2) is 4.67. The van der Waals surface area contributed by atoms with E-state index < -0.39 is 5.91 Å². The van der Waals surface area contributed by atoms with E-state index in [0.717, 1.165) is 0 Å². The van der Waals surface area contributed by atoms with Gasteiger partial charge in [0.25, 0.3) is 5.91 Å². The normalized spacial score (nSPS) is 11.9. The molecule has 14 heavy (non-hydrogen) atoms. The largest absolute Gasteiger partial charge is 0.401 e. The first kappa shape index (κ1) is 10.6. The van der Waals surface area contributed by atoms with Crippen LogP contribution in [0.2, 0.25) is 0 Å². The van der Waals surface area contributed by atoms with Crippen molar-refractivity contribution in [2.75, 3.05) is 5.32 Å². The van der Waals surface area contributed by atoms with Crippen LogP contribution in [-0.2, 0) is 4.79 Å². The van der Waals surface area contributed by atoms with Crippen LogP contribution in [-0.4, -0.2) is 5.91 Å². The maximum absolute atomic E-state index is 11.4. The second-order valence-corrected chi connectivity index (χ2v) is 3.20. The fourth-order valence-electron chi connectivity index (χ4n) is 0.887. The molecule has 3 nitrogen and oxygen atoms in total. The fraction of sp³-hybridized carbons (Fsp3) is 0.100. The number of halogens is 1. The van der Waals surface area contributed by atoms with Crippen molar-refractivity contribution in [2.45, 2.75) is 6.92 Å². The first-order chi connectivity index (χ1) is 6.61. The Hall–Kier alpha value is -1.48. The summed E-state index contributed by atoms with van der Waals surface area (Å²) < 4.78 is 0. The van der Waals surface area contributed by atoms with Gasteiger partial charge in [0.15, 0.2) is 0 Å². The number of carbonyl (C=O) groups is 1. The Bertz CT molecular complexity index is 356. The third-order valence-corrected chi connectivity index (χ3v) is 2.05. The molecule has 4 heteroatoms. The number of carbonyl (C=O) groups excluding carboxylic acids is 1. The summed E-state index contributed by atoms with van der Waals surface area (Å²) >= 11 is 5.66. The number of hydrogen-bond acceptors (Lipinski definition) is 2. The van der Waals surface area contributed by atoms with Gasteiger partial charge < -0.3 is 11.1 Å². The van der Waals surface area contributed by atoms with Crippen LogP contribution in [0.4, 0.5) is 5.69 Å². The highest BCUT2D eigenvalue weighted by Crippen LogP contribution is 2.10. The van der Waals surface area contributed by atoms with Gasteiger partial charge in [0.05, 0.1) is 0 Å². The van der Waals surface area contributed by atoms with E-state index in [1.807, 2.05) is 18.2 Å². The summed E-state index contributed by atoms with van der Waals surface area (Å²) in [6.07, 6.45) is 0. The molecule has 1 amide bonds. The maximum Gasteiger partial charge on any atom is 0.268 e. The summed E-state index contributed by atoms with van der Waals surface area (Å²) in [6.45, 7) is 1.58. The van der Waals surface area contributed by atoms with Crippen LogP contribution in [0.5, 0.6) is 0 Å². The van der Waals surface area contributed by atoms with Gasteiger partial charge in [0.1, 0.15) is 5.03 Å². The minimum absolute atomic E-state index is 0.0221. The molecule has 1 aromatic rings.